The zero-order chi connectivity index (χ0) is 17.3. The molecule has 0 aliphatic carbocycles. The first-order chi connectivity index (χ1) is 12.9. The van der Waals surface area contributed by atoms with Crippen LogP contribution in [0, 0.1) is 0 Å². The second-order valence-electron chi connectivity index (χ2n) is 6.81. The second kappa shape index (κ2) is 6.66. The monoisotopic (exact) mass is 352 g/mol. The van der Waals surface area contributed by atoms with Crippen LogP contribution in [0.1, 0.15) is 42.0 Å². The van der Waals surface area contributed by atoms with E-state index in [-0.39, 0.29) is 6.10 Å². The molecule has 3 aromatic rings. The van der Waals surface area contributed by atoms with Crippen LogP contribution >= 0.6 is 0 Å². The minimum absolute atomic E-state index is 0.0352. The highest BCUT2D eigenvalue weighted by Crippen LogP contribution is 2.31. The van der Waals surface area contributed by atoms with Gasteiger partial charge in [0.2, 0.25) is 0 Å². The molecule has 2 aliphatic rings. The van der Waals surface area contributed by atoms with Gasteiger partial charge in [-0.25, -0.2) is 0 Å². The maximum atomic E-state index is 5.61. The van der Waals surface area contributed by atoms with E-state index in [0.29, 0.717) is 18.3 Å². The van der Waals surface area contributed by atoms with Crippen molar-refractivity contribution in [1.82, 2.24) is 20.2 Å². The van der Waals surface area contributed by atoms with Gasteiger partial charge < -0.3 is 13.8 Å². The lowest BCUT2D eigenvalue weighted by Gasteiger charge is -2.24. The van der Waals surface area contributed by atoms with Gasteiger partial charge in [0.1, 0.15) is 17.6 Å². The van der Waals surface area contributed by atoms with Crippen LogP contribution in [0.25, 0.3) is 11.3 Å². The summed E-state index contributed by atoms with van der Waals surface area (Å²) in [7, 11) is 0. The topological polar surface area (TPSA) is 77.4 Å². The molecule has 1 aromatic carbocycles. The van der Waals surface area contributed by atoms with Crippen LogP contribution in [-0.4, -0.2) is 33.3 Å². The minimum Gasteiger partial charge on any atom is -0.368 e. The van der Waals surface area contributed by atoms with Crippen LogP contribution in [0.15, 0.2) is 39.4 Å². The Morgan fingerprint density at radius 1 is 1.12 bits per heavy atom. The number of rotatable bonds is 4. The van der Waals surface area contributed by atoms with E-state index in [1.165, 1.54) is 0 Å². The number of benzene rings is 1. The molecular formula is C19H20N4O3. The van der Waals surface area contributed by atoms with Crippen molar-refractivity contribution < 1.29 is 13.8 Å². The first-order valence-corrected chi connectivity index (χ1v) is 9.06. The largest absolute Gasteiger partial charge is 0.368 e. The quantitative estimate of drug-likeness (QED) is 0.714. The summed E-state index contributed by atoms with van der Waals surface area (Å²) in [5.74, 6) is 2.29. The molecule has 1 saturated heterocycles. The highest BCUT2D eigenvalue weighted by molar-refractivity contribution is 5.63. The Bertz CT molecular complexity index is 883. The van der Waals surface area contributed by atoms with Gasteiger partial charge >= 0.3 is 0 Å². The third kappa shape index (κ3) is 2.93. The van der Waals surface area contributed by atoms with Gasteiger partial charge in [0.15, 0.2) is 5.82 Å². The molecule has 2 aliphatic heterocycles. The summed E-state index contributed by atoms with van der Waals surface area (Å²) in [4.78, 5) is 6.83. The number of nitrogens with zero attached hydrogens (tertiary/aromatic N) is 4. The van der Waals surface area contributed by atoms with Gasteiger partial charge in [-0.1, -0.05) is 40.6 Å². The molecule has 0 radical (unpaired) electrons. The molecule has 26 heavy (non-hydrogen) atoms. The predicted octanol–water partition coefficient (Wildman–Crippen LogP) is 3.13. The van der Waals surface area contributed by atoms with Crippen LogP contribution in [0.2, 0.25) is 0 Å². The van der Waals surface area contributed by atoms with Crippen molar-refractivity contribution in [1.29, 1.82) is 0 Å². The zero-order valence-corrected chi connectivity index (χ0v) is 14.4. The summed E-state index contributed by atoms with van der Waals surface area (Å²) < 4.78 is 16.6. The highest BCUT2D eigenvalue weighted by Gasteiger charge is 2.27. The van der Waals surface area contributed by atoms with E-state index in [1.807, 2.05) is 18.2 Å². The molecule has 1 fully saturated rings. The van der Waals surface area contributed by atoms with Gasteiger partial charge in [-0.05, 0) is 12.8 Å². The Hall–Kier alpha value is -2.51. The molecule has 0 bridgehead atoms. The fraction of sp³-hybridized carbons (Fsp3) is 0.421. The van der Waals surface area contributed by atoms with Crippen LogP contribution in [0.5, 0.6) is 0 Å². The maximum absolute atomic E-state index is 5.61. The molecule has 4 heterocycles. The smallest absolute Gasteiger partial charge is 0.255 e. The lowest BCUT2D eigenvalue weighted by Crippen LogP contribution is -2.30. The van der Waals surface area contributed by atoms with Crippen molar-refractivity contribution in [2.45, 2.75) is 38.5 Å². The zero-order valence-electron chi connectivity index (χ0n) is 14.4. The Kier molecular flexibility index (Phi) is 4.03. The second-order valence-corrected chi connectivity index (χ2v) is 6.81. The summed E-state index contributed by atoms with van der Waals surface area (Å²) in [6, 6.07) is 10.2. The first-order valence-electron chi connectivity index (χ1n) is 9.06. The summed E-state index contributed by atoms with van der Waals surface area (Å²) in [6.07, 6.45) is 2.81. The van der Waals surface area contributed by atoms with Crippen molar-refractivity contribution in [3.05, 3.63) is 53.4 Å². The van der Waals surface area contributed by atoms with Crippen molar-refractivity contribution in [3.63, 3.8) is 0 Å². The number of ether oxygens (including phenoxy) is 1. The summed E-state index contributed by atoms with van der Waals surface area (Å²) in [5, 5.41) is 8.43. The van der Waals surface area contributed by atoms with E-state index in [2.05, 4.69) is 32.3 Å². The molecule has 7 nitrogen and oxygen atoms in total. The van der Waals surface area contributed by atoms with Gasteiger partial charge in [-0.3, -0.25) is 4.90 Å². The average molecular weight is 352 g/mol. The van der Waals surface area contributed by atoms with Crippen LogP contribution in [0.4, 0.5) is 0 Å². The lowest BCUT2D eigenvalue weighted by atomic mass is 10.0. The maximum Gasteiger partial charge on any atom is 0.255 e. The molecule has 1 atom stereocenters. The van der Waals surface area contributed by atoms with Crippen molar-refractivity contribution in [3.8, 4) is 11.3 Å². The third-order valence-corrected chi connectivity index (χ3v) is 5.01. The van der Waals surface area contributed by atoms with E-state index in [0.717, 1.165) is 61.5 Å². The standard InChI is InChI=1S/C19H20N4O3/c1-2-5-13(6-3-1)18-14-11-23(9-8-15(14)25-22-18)12-17-20-19(26-21-17)16-7-4-10-24-16/h1-3,5-6,16H,4,7-12H2. The van der Waals surface area contributed by atoms with Gasteiger partial charge in [-0.2, -0.15) is 4.98 Å². The highest BCUT2D eigenvalue weighted by atomic mass is 16.5. The molecular weight excluding hydrogens is 332 g/mol. The van der Waals surface area contributed by atoms with Crippen molar-refractivity contribution >= 4 is 0 Å². The van der Waals surface area contributed by atoms with Crippen molar-refractivity contribution in [2.24, 2.45) is 0 Å². The molecule has 0 spiro atoms. The summed E-state index contributed by atoms with van der Waals surface area (Å²) in [5.41, 5.74) is 3.17. The Labute approximate surface area is 150 Å². The normalized spacial score (nSPS) is 20.4. The number of hydrogen-bond donors (Lipinski definition) is 0. The molecule has 0 N–H and O–H groups in total. The average Bonchev–Trinajstić information content (AvgIpc) is 3.43. The Morgan fingerprint density at radius 3 is 2.88 bits per heavy atom. The molecule has 0 saturated carbocycles. The van der Waals surface area contributed by atoms with Crippen LogP contribution in [-0.2, 0) is 24.2 Å². The van der Waals surface area contributed by atoms with Crippen LogP contribution < -0.4 is 0 Å². The predicted molar refractivity (Wildman–Crippen MR) is 92.0 cm³/mol. The molecule has 2 aromatic heterocycles. The van der Waals surface area contributed by atoms with Gasteiger partial charge in [0.05, 0.1) is 6.54 Å². The molecule has 1 unspecified atom stereocenters. The van der Waals surface area contributed by atoms with Crippen LogP contribution in [0.3, 0.4) is 0 Å². The fourth-order valence-corrected chi connectivity index (χ4v) is 3.66. The molecule has 5 rings (SSSR count). The number of aromatic nitrogens is 3. The summed E-state index contributed by atoms with van der Waals surface area (Å²) >= 11 is 0. The van der Waals surface area contributed by atoms with Gasteiger partial charge in [0.25, 0.3) is 5.89 Å². The van der Waals surface area contributed by atoms with E-state index < -0.39 is 0 Å². The van der Waals surface area contributed by atoms with E-state index in [4.69, 9.17) is 13.8 Å². The first kappa shape index (κ1) is 15.7. The van der Waals surface area contributed by atoms with E-state index in [1.54, 1.807) is 0 Å². The molecule has 0 amide bonds. The number of fused-ring (bicyclic) bond motifs is 1. The SMILES string of the molecule is c1ccc(-c2noc3c2CN(Cc2noc(C4CCCO4)n2)CC3)cc1. The molecule has 7 heteroatoms. The Balaban J connectivity index is 1.32. The summed E-state index contributed by atoms with van der Waals surface area (Å²) in [6.45, 7) is 3.08. The Morgan fingerprint density at radius 2 is 2.04 bits per heavy atom. The van der Waals surface area contributed by atoms with E-state index >= 15 is 0 Å². The van der Waals surface area contributed by atoms with Gasteiger partial charge in [0, 0.05) is 37.2 Å². The van der Waals surface area contributed by atoms with E-state index in [9.17, 15) is 0 Å². The number of hydrogen-bond acceptors (Lipinski definition) is 7. The fourth-order valence-electron chi connectivity index (χ4n) is 3.66. The minimum atomic E-state index is -0.0352. The van der Waals surface area contributed by atoms with Crippen molar-refractivity contribution in [2.75, 3.05) is 13.2 Å². The lowest BCUT2D eigenvalue weighted by molar-refractivity contribution is 0.0835. The third-order valence-electron chi connectivity index (χ3n) is 5.01. The van der Waals surface area contributed by atoms with Gasteiger partial charge in [-0.15, -0.1) is 0 Å². The molecule has 134 valence electrons.